The molecule has 1 saturated heterocycles. The maximum atomic E-state index is 13.3. The fraction of sp³-hybridized carbons (Fsp3) is 0.200. The van der Waals surface area contributed by atoms with Crippen molar-refractivity contribution in [3.05, 3.63) is 108 Å². The first kappa shape index (κ1) is 20.5. The lowest BCUT2D eigenvalue weighted by molar-refractivity contribution is 0.334. The predicted octanol–water partition coefficient (Wildman–Crippen LogP) is 4.84. The zero-order valence-electron chi connectivity index (χ0n) is 16.9. The number of epoxide rings is 1. The van der Waals surface area contributed by atoms with E-state index in [1.54, 1.807) is 12.1 Å². The van der Waals surface area contributed by atoms with Crippen LogP contribution in [0.2, 0.25) is 0 Å². The average molecular weight is 420 g/mol. The Morgan fingerprint density at radius 3 is 2.20 bits per heavy atom. The Hall–Kier alpha value is -2.73. The van der Waals surface area contributed by atoms with Crippen molar-refractivity contribution >= 4 is 16.1 Å². The molecular weight excluding hydrogens is 394 g/mol. The molecule has 154 valence electrons. The van der Waals surface area contributed by atoms with Crippen molar-refractivity contribution < 1.29 is 13.2 Å². The second kappa shape index (κ2) is 8.96. The normalized spacial score (nSPS) is 18.7. The van der Waals surface area contributed by atoms with E-state index in [-0.39, 0.29) is 18.8 Å². The third-order valence-corrected chi connectivity index (χ3v) is 7.02. The summed E-state index contributed by atoms with van der Waals surface area (Å²) in [4.78, 5) is 0.304. The molecule has 3 aromatic carbocycles. The van der Waals surface area contributed by atoms with Gasteiger partial charge >= 0.3 is 0 Å². The van der Waals surface area contributed by atoms with Gasteiger partial charge < -0.3 is 4.74 Å². The number of sulfonamides is 1. The van der Waals surface area contributed by atoms with Crippen molar-refractivity contribution in [2.24, 2.45) is 0 Å². The van der Waals surface area contributed by atoms with E-state index in [1.165, 1.54) is 4.31 Å². The van der Waals surface area contributed by atoms with Crippen LogP contribution < -0.4 is 0 Å². The Bertz CT molecular complexity index is 1090. The topological polar surface area (TPSA) is 49.9 Å². The number of aryl methyl sites for hydroxylation is 1. The molecule has 1 fully saturated rings. The van der Waals surface area contributed by atoms with Crippen LogP contribution in [0.4, 0.5) is 0 Å². The summed E-state index contributed by atoms with van der Waals surface area (Å²) in [6, 6.07) is 26.8. The molecule has 2 unspecified atom stereocenters. The van der Waals surface area contributed by atoms with Crippen LogP contribution in [0.5, 0.6) is 0 Å². The maximum Gasteiger partial charge on any atom is 0.243 e. The minimum absolute atomic E-state index is 0.0555. The maximum absolute atomic E-state index is 13.3. The number of rotatable bonds is 8. The highest BCUT2D eigenvalue weighted by Gasteiger charge is 2.43. The highest BCUT2D eigenvalue weighted by Crippen LogP contribution is 2.39. The van der Waals surface area contributed by atoms with Gasteiger partial charge in [0.25, 0.3) is 0 Å². The van der Waals surface area contributed by atoms with Crippen LogP contribution in [0, 0.1) is 6.92 Å². The quantitative estimate of drug-likeness (QED) is 0.491. The molecule has 0 radical (unpaired) electrons. The summed E-state index contributed by atoms with van der Waals surface area (Å²) in [6.45, 7) is 2.54. The number of benzene rings is 3. The molecule has 0 spiro atoms. The molecule has 2 atom stereocenters. The molecule has 3 aromatic rings. The van der Waals surface area contributed by atoms with E-state index in [0.717, 1.165) is 16.7 Å². The standard InChI is InChI=1S/C25H25NO3S/c1-20-14-16-23(17-15-20)30(27,28)26(18-8-11-21-9-4-2-5-10-21)19-24-25(29-24)22-12-6-3-7-13-22/h2-17,24-25H,18-19H2,1H3/b11-8+. The van der Waals surface area contributed by atoms with Crippen molar-refractivity contribution in [2.75, 3.05) is 13.1 Å². The molecule has 1 aliphatic rings. The summed E-state index contributed by atoms with van der Waals surface area (Å²) in [5, 5.41) is 0. The van der Waals surface area contributed by atoms with Crippen LogP contribution >= 0.6 is 0 Å². The molecule has 1 aliphatic heterocycles. The fourth-order valence-corrected chi connectivity index (χ4v) is 4.82. The third kappa shape index (κ3) is 4.87. The van der Waals surface area contributed by atoms with Crippen molar-refractivity contribution in [3.63, 3.8) is 0 Å². The molecule has 4 rings (SSSR count). The highest BCUT2D eigenvalue weighted by atomic mass is 32.2. The smallest absolute Gasteiger partial charge is 0.243 e. The van der Waals surface area contributed by atoms with E-state index in [2.05, 4.69) is 0 Å². The van der Waals surface area contributed by atoms with Crippen LogP contribution in [0.15, 0.2) is 95.9 Å². The first-order valence-electron chi connectivity index (χ1n) is 10.0. The monoisotopic (exact) mass is 419 g/mol. The summed E-state index contributed by atoms with van der Waals surface area (Å²) in [7, 11) is -3.63. The molecule has 0 N–H and O–H groups in total. The van der Waals surface area contributed by atoms with Crippen molar-refractivity contribution in [1.82, 2.24) is 4.31 Å². The Morgan fingerprint density at radius 1 is 0.900 bits per heavy atom. The van der Waals surface area contributed by atoms with Gasteiger partial charge in [-0.25, -0.2) is 8.42 Å². The number of hydrogen-bond acceptors (Lipinski definition) is 3. The molecule has 0 saturated carbocycles. The molecular formula is C25H25NO3S. The minimum Gasteiger partial charge on any atom is -0.363 e. The van der Waals surface area contributed by atoms with Gasteiger partial charge in [-0.05, 0) is 30.2 Å². The second-order valence-corrected chi connectivity index (χ2v) is 9.39. The van der Waals surface area contributed by atoms with Crippen LogP contribution in [-0.4, -0.2) is 31.9 Å². The number of hydrogen-bond donors (Lipinski definition) is 0. The summed E-state index contributed by atoms with van der Waals surface area (Å²) in [5.41, 5.74) is 3.14. The number of ether oxygens (including phenoxy) is 1. The van der Waals surface area contributed by atoms with Gasteiger partial charge in [0.05, 0.1) is 4.90 Å². The van der Waals surface area contributed by atoms with E-state index in [1.807, 2.05) is 91.9 Å². The zero-order valence-corrected chi connectivity index (χ0v) is 17.7. The van der Waals surface area contributed by atoms with Crippen LogP contribution in [0.25, 0.3) is 6.08 Å². The molecule has 4 nitrogen and oxygen atoms in total. The molecule has 0 aromatic heterocycles. The van der Waals surface area contributed by atoms with E-state index in [4.69, 9.17) is 4.74 Å². The Labute approximate surface area is 178 Å². The second-order valence-electron chi connectivity index (χ2n) is 7.45. The van der Waals surface area contributed by atoms with Gasteiger partial charge in [0.15, 0.2) is 0 Å². The molecule has 0 aliphatic carbocycles. The molecule has 1 heterocycles. The summed E-state index contributed by atoms with van der Waals surface area (Å²) in [6.07, 6.45) is 3.64. The SMILES string of the molecule is Cc1ccc(S(=O)(=O)N(C/C=C/c2ccccc2)CC2OC2c2ccccc2)cc1. The summed E-state index contributed by atoms with van der Waals surface area (Å²) >= 11 is 0. The van der Waals surface area contributed by atoms with Crippen molar-refractivity contribution in [3.8, 4) is 0 Å². The Morgan fingerprint density at radius 2 is 1.53 bits per heavy atom. The van der Waals surface area contributed by atoms with Gasteiger partial charge in [0.2, 0.25) is 10.0 Å². The third-order valence-electron chi connectivity index (χ3n) is 5.17. The Kier molecular flexibility index (Phi) is 6.13. The highest BCUT2D eigenvalue weighted by molar-refractivity contribution is 7.89. The zero-order chi connectivity index (χ0) is 21.0. The van der Waals surface area contributed by atoms with Crippen LogP contribution in [0.3, 0.4) is 0 Å². The van der Waals surface area contributed by atoms with Gasteiger partial charge in [-0.2, -0.15) is 4.31 Å². The lowest BCUT2D eigenvalue weighted by Crippen LogP contribution is -2.34. The van der Waals surface area contributed by atoms with Crippen LogP contribution in [0.1, 0.15) is 22.8 Å². The van der Waals surface area contributed by atoms with Crippen LogP contribution in [-0.2, 0) is 14.8 Å². The predicted molar refractivity (Wildman–Crippen MR) is 119 cm³/mol. The number of nitrogens with zero attached hydrogens (tertiary/aromatic N) is 1. The lowest BCUT2D eigenvalue weighted by Gasteiger charge is -2.20. The lowest BCUT2D eigenvalue weighted by atomic mass is 10.1. The van der Waals surface area contributed by atoms with Gasteiger partial charge in [-0.15, -0.1) is 0 Å². The fourth-order valence-electron chi connectivity index (χ4n) is 3.42. The molecule has 5 heteroatoms. The van der Waals surface area contributed by atoms with Gasteiger partial charge in [-0.1, -0.05) is 90.5 Å². The minimum atomic E-state index is -3.63. The largest absolute Gasteiger partial charge is 0.363 e. The molecule has 0 bridgehead atoms. The summed E-state index contributed by atoms with van der Waals surface area (Å²) in [5.74, 6) is 0. The molecule has 30 heavy (non-hydrogen) atoms. The van der Waals surface area contributed by atoms with Crippen molar-refractivity contribution in [2.45, 2.75) is 24.0 Å². The average Bonchev–Trinajstić information content (AvgIpc) is 3.54. The van der Waals surface area contributed by atoms with Crippen molar-refractivity contribution in [1.29, 1.82) is 0 Å². The van der Waals surface area contributed by atoms with E-state index < -0.39 is 10.0 Å². The van der Waals surface area contributed by atoms with E-state index in [9.17, 15) is 8.42 Å². The first-order valence-corrected chi connectivity index (χ1v) is 11.5. The van der Waals surface area contributed by atoms with Gasteiger partial charge in [0, 0.05) is 13.1 Å². The molecule has 0 amide bonds. The van der Waals surface area contributed by atoms with Gasteiger partial charge in [-0.3, -0.25) is 0 Å². The summed E-state index contributed by atoms with van der Waals surface area (Å²) < 4.78 is 34.0. The van der Waals surface area contributed by atoms with Gasteiger partial charge in [0.1, 0.15) is 12.2 Å². The van der Waals surface area contributed by atoms with E-state index in [0.29, 0.717) is 11.4 Å². The van der Waals surface area contributed by atoms with E-state index >= 15 is 0 Å². The Balaban J connectivity index is 1.53. The first-order chi connectivity index (χ1) is 14.5.